The Morgan fingerprint density at radius 2 is 0.638 bits per heavy atom. The largest absolute Gasteiger partial charge is 0.456 e. The lowest BCUT2D eigenvalue weighted by Gasteiger charge is -2.26. The lowest BCUT2D eigenvalue weighted by atomic mass is 9.99. The molecule has 9 heteroatoms. The first-order chi connectivity index (χ1) is 34.2. The third-order valence-electron chi connectivity index (χ3n) is 13.5. The van der Waals surface area contributed by atoms with Crippen molar-refractivity contribution in [3.8, 4) is 0 Å². The molecule has 10 aromatic carbocycles. The van der Waals surface area contributed by atoms with Crippen LogP contribution in [0.3, 0.4) is 0 Å². The number of aromatic nitrogens is 4. The maximum atomic E-state index is 6.76. The average Bonchev–Trinajstić information content (AvgIpc) is 4.09. The van der Waals surface area contributed by atoms with Gasteiger partial charge in [0, 0.05) is 67.6 Å². The molecule has 0 aliphatic rings. The Bertz CT molecular complexity index is 4210. The highest BCUT2D eigenvalue weighted by molar-refractivity contribution is 6.17. The van der Waals surface area contributed by atoms with Gasteiger partial charge in [0.05, 0.1) is 33.5 Å². The number of nitrogens with zero attached hydrogens (tertiary/aromatic N) is 6. The first kappa shape index (κ1) is 37.6. The van der Waals surface area contributed by atoms with E-state index in [9.17, 15) is 0 Å². The molecule has 0 saturated heterocycles. The van der Waals surface area contributed by atoms with Crippen molar-refractivity contribution in [2.24, 2.45) is 0 Å². The Morgan fingerprint density at radius 3 is 1.04 bits per heavy atom. The third kappa shape index (κ3) is 5.71. The van der Waals surface area contributed by atoms with Crippen LogP contribution in [0.15, 0.2) is 220 Å². The van der Waals surface area contributed by atoms with Gasteiger partial charge in [-0.05, 0) is 70.1 Å². The summed E-state index contributed by atoms with van der Waals surface area (Å²) in [4.78, 5) is 25.0. The average molecular weight is 887 g/mol. The number of benzene rings is 10. The molecule has 322 valence electrons. The number of rotatable bonds is 6. The van der Waals surface area contributed by atoms with Gasteiger partial charge in [-0.3, -0.25) is 9.80 Å². The molecule has 0 atom stereocenters. The zero-order valence-corrected chi connectivity index (χ0v) is 36.5. The fourth-order valence-corrected chi connectivity index (χ4v) is 10.4. The van der Waals surface area contributed by atoms with Gasteiger partial charge in [0.25, 0.3) is 0 Å². The second-order valence-corrected chi connectivity index (χ2v) is 17.4. The molecule has 5 heterocycles. The standard InChI is InChI=1S/C60H34N6O3/c1-5-17-41-35(13-1)29-36-14-2-6-18-42(36)55(41)65(39-25-27-47-45-21-9-11-23-51(45)67-53(47)31-39)59-61-33-49-50-34-62-60(64-58(50)69-57(49)63-59)66(40-26-28-48-46-22-10-12-24-52(46)68-54(48)32-40)56-43-19-7-3-15-37(43)30-38-16-4-8-20-44(38)56/h1-34H. The van der Waals surface area contributed by atoms with Crippen LogP contribution in [0.25, 0.3) is 109 Å². The number of furan rings is 3. The lowest BCUT2D eigenvalue weighted by molar-refractivity contribution is 0.638. The molecule has 0 N–H and O–H groups in total. The zero-order valence-electron chi connectivity index (χ0n) is 36.5. The predicted molar refractivity (Wildman–Crippen MR) is 279 cm³/mol. The van der Waals surface area contributed by atoms with Gasteiger partial charge in [-0.2, -0.15) is 9.97 Å². The predicted octanol–water partition coefficient (Wildman–Crippen LogP) is 16.5. The van der Waals surface area contributed by atoms with Crippen molar-refractivity contribution < 1.29 is 13.3 Å². The Balaban J connectivity index is 0.949. The molecule has 15 rings (SSSR count). The van der Waals surface area contributed by atoms with Crippen LogP contribution >= 0.6 is 0 Å². The molecule has 0 fully saturated rings. The fourth-order valence-electron chi connectivity index (χ4n) is 10.4. The highest BCUT2D eigenvalue weighted by atomic mass is 16.4. The minimum atomic E-state index is 0.381. The zero-order chi connectivity index (χ0) is 45.2. The molecule has 0 bridgehead atoms. The van der Waals surface area contributed by atoms with E-state index in [2.05, 4.69) is 168 Å². The van der Waals surface area contributed by atoms with Crippen molar-refractivity contribution in [1.82, 2.24) is 19.9 Å². The van der Waals surface area contributed by atoms with Gasteiger partial charge in [0.1, 0.15) is 22.3 Å². The summed E-state index contributed by atoms with van der Waals surface area (Å²) >= 11 is 0. The Kier molecular flexibility index (Phi) is 7.87. The quantitative estimate of drug-likeness (QED) is 0.151. The maximum absolute atomic E-state index is 6.76. The summed E-state index contributed by atoms with van der Waals surface area (Å²) in [6.45, 7) is 0. The number of hydrogen-bond donors (Lipinski definition) is 0. The lowest BCUT2D eigenvalue weighted by Crippen LogP contribution is -2.14. The first-order valence-corrected chi connectivity index (χ1v) is 22.8. The summed E-state index contributed by atoms with van der Waals surface area (Å²) in [7, 11) is 0. The van der Waals surface area contributed by atoms with Crippen LogP contribution < -0.4 is 9.80 Å². The van der Waals surface area contributed by atoms with Gasteiger partial charge in [-0.1, -0.05) is 133 Å². The number of fused-ring (bicyclic) bond motifs is 13. The van der Waals surface area contributed by atoms with Gasteiger partial charge < -0.3 is 13.3 Å². The van der Waals surface area contributed by atoms with Gasteiger partial charge in [0.15, 0.2) is 0 Å². The third-order valence-corrected chi connectivity index (χ3v) is 13.5. The summed E-state index contributed by atoms with van der Waals surface area (Å²) in [5, 5.41) is 14.1. The van der Waals surface area contributed by atoms with Crippen molar-refractivity contribution in [1.29, 1.82) is 0 Å². The van der Waals surface area contributed by atoms with E-state index in [0.29, 0.717) is 34.1 Å². The van der Waals surface area contributed by atoms with Gasteiger partial charge in [-0.15, -0.1) is 0 Å². The van der Waals surface area contributed by atoms with Crippen LogP contribution in [0.5, 0.6) is 0 Å². The van der Waals surface area contributed by atoms with Gasteiger partial charge in [-0.25, -0.2) is 9.97 Å². The van der Waals surface area contributed by atoms with E-state index >= 15 is 0 Å². The van der Waals surface area contributed by atoms with Crippen molar-refractivity contribution >= 4 is 144 Å². The minimum absolute atomic E-state index is 0.381. The van der Waals surface area contributed by atoms with Crippen LogP contribution in [0.4, 0.5) is 34.6 Å². The second kappa shape index (κ2) is 14.4. The maximum Gasteiger partial charge on any atom is 0.237 e. The van der Waals surface area contributed by atoms with E-state index in [4.69, 9.17) is 33.2 Å². The molecule has 5 aromatic heterocycles. The van der Waals surface area contributed by atoms with E-state index in [0.717, 1.165) is 110 Å². The topological polar surface area (TPSA) is 97.5 Å². The summed E-state index contributed by atoms with van der Waals surface area (Å²) in [6, 6.07) is 67.0. The molecule has 0 saturated carbocycles. The number of para-hydroxylation sites is 2. The molecule has 0 unspecified atom stereocenters. The Labute approximate surface area is 391 Å². The molecule has 15 aromatic rings. The summed E-state index contributed by atoms with van der Waals surface area (Å²) in [5.41, 5.74) is 7.49. The van der Waals surface area contributed by atoms with Crippen molar-refractivity contribution in [2.75, 3.05) is 9.80 Å². The van der Waals surface area contributed by atoms with E-state index in [1.165, 1.54) is 0 Å². The second-order valence-electron chi connectivity index (χ2n) is 17.4. The van der Waals surface area contributed by atoms with Gasteiger partial charge >= 0.3 is 0 Å². The number of hydrogen-bond acceptors (Lipinski definition) is 9. The van der Waals surface area contributed by atoms with E-state index in [1.807, 2.05) is 48.8 Å². The van der Waals surface area contributed by atoms with Crippen molar-refractivity contribution in [3.05, 3.63) is 207 Å². The normalized spacial score (nSPS) is 12.1. The van der Waals surface area contributed by atoms with Crippen LogP contribution in [0.1, 0.15) is 0 Å². The molecule has 0 aliphatic heterocycles. The van der Waals surface area contributed by atoms with Crippen LogP contribution in [-0.2, 0) is 0 Å². The Hall–Kier alpha value is -9.60. The van der Waals surface area contributed by atoms with E-state index in [1.54, 1.807) is 0 Å². The molecule has 9 nitrogen and oxygen atoms in total. The molecule has 0 aliphatic carbocycles. The fraction of sp³-hybridized carbons (Fsp3) is 0. The van der Waals surface area contributed by atoms with Crippen LogP contribution in [0.2, 0.25) is 0 Å². The molecule has 0 spiro atoms. The number of anilines is 6. The molecule has 0 amide bonds. The van der Waals surface area contributed by atoms with E-state index < -0.39 is 0 Å². The molecular formula is C60H34N6O3. The summed E-state index contributed by atoms with van der Waals surface area (Å²) < 4.78 is 19.7. The highest BCUT2D eigenvalue weighted by Gasteiger charge is 2.27. The molecular weight excluding hydrogens is 853 g/mol. The molecule has 69 heavy (non-hydrogen) atoms. The van der Waals surface area contributed by atoms with Gasteiger partial charge in [0.2, 0.25) is 23.3 Å². The SMILES string of the molecule is c1ccc2c(N(c3ccc4c(c3)oc3ccccc34)c3ncc4c(n3)oc3nc(N(c5ccc6c(c5)oc5ccccc56)c5c6ccccc6cc6ccccc56)ncc34)c3ccccc3cc2c1. The first-order valence-electron chi connectivity index (χ1n) is 22.8. The van der Waals surface area contributed by atoms with Crippen molar-refractivity contribution in [3.63, 3.8) is 0 Å². The van der Waals surface area contributed by atoms with E-state index in [-0.39, 0.29) is 0 Å². The van der Waals surface area contributed by atoms with Crippen molar-refractivity contribution in [2.45, 2.75) is 0 Å². The van der Waals surface area contributed by atoms with Crippen LogP contribution in [-0.4, -0.2) is 19.9 Å². The summed E-state index contributed by atoms with van der Waals surface area (Å²) in [5.74, 6) is 0.851. The summed E-state index contributed by atoms with van der Waals surface area (Å²) in [6.07, 6.45) is 3.64. The molecule has 0 radical (unpaired) electrons. The highest BCUT2D eigenvalue weighted by Crippen LogP contribution is 2.47. The monoisotopic (exact) mass is 886 g/mol. The Morgan fingerprint density at radius 1 is 0.290 bits per heavy atom. The smallest absolute Gasteiger partial charge is 0.237 e. The van der Waals surface area contributed by atoms with Crippen LogP contribution in [0, 0.1) is 0 Å². The minimum Gasteiger partial charge on any atom is -0.456 e.